The third kappa shape index (κ3) is 2.01. The van der Waals surface area contributed by atoms with E-state index >= 15 is 0 Å². The Balaban J connectivity index is 1.66. The number of nitrogens with zero attached hydrogens (tertiary/aromatic N) is 1. The molecule has 4 rings (SSSR count). The van der Waals surface area contributed by atoms with Crippen LogP contribution in [0, 0.1) is 11.3 Å². The van der Waals surface area contributed by atoms with Crippen LogP contribution in [0.4, 0.5) is 5.69 Å². The molecule has 130 valence electrons. The van der Waals surface area contributed by atoms with Gasteiger partial charge in [-0.15, -0.1) is 0 Å². The molecule has 0 saturated heterocycles. The summed E-state index contributed by atoms with van der Waals surface area (Å²) in [5, 5.41) is 0. The van der Waals surface area contributed by atoms with E-state index in [0.717, 1.165) is 0 Å². The second kappa shape index (κ2) is 5.54. The zero-order chi connectivity index (χ0) is 16.9. The molecular formula is C22H31NO. The average Bonchev–Trinajstić information content (AvgIpc) is 2.98. The minimum absolute atomic E-state index is 0.186. The van der Waals surface area contributed by atoms with Gasteiger partial charge in [-0.3, -0.25) is 0 Å². The van der Waals surface area contributed by atoms with Crippen LogP contribution in [0.2, 0.25) is 0 Å². The van der Waals surface area contributed by atoms with Gasteiger partial charge < -0.3 is 9.64 Å². The van der Waals surface area contributed by atoms with Crippen molar-refractivity contribution in [3.8, 4) is 0 Å². The third-order valence-electron chi connectivity index (χ3n) is 6.95. The van der Waals surface area contributed by atoms with Crippen LogP contribution in [0.15, 0.2) is 30.7 Å². The van der Waals surface area contributed by atoms with Gasteiger partial charge in [0, 0.05) is 22.7 Å². The zero-order valence-electron chi connectivity index (χ0n) is 15.6. The van der Waals surface area contributed by atoms with Gasteiger partial charge in [-0.25, -0.2) is 0 Å². The fourth-order valence-electron chi connectivity index (χ4n) is 5.44. The number of unbranched alkanes of at least 4 members (excludes halogenated alkanes) is 3. The highest BCUT2D eigenvalue weighted by Gasteiger charge is 2.75. The summed E-state index contributed by atoms with van der Waals surface area (Å²) < 4.78 is 6.10. The topological polar surface area (TPSA) is 12.5 Å². The first-order chi connectivity index (χ1) is 11.5. The fourth-order valence-corrected chi connectivity index (χ4v) is 5.44. The molecule has 1 fully saturated rings. The summed E-state index contributed by atoms with van der Waals surface area (Å²) in [4.78, 5) is 2.40. The van der Waals surface area contributed by atoms with Gasteiger partial charge in [-0.05, 0) is 42.4 Å². The van der Waals surface area contributed by atoms with Crippen molar-refractivity contribution in [1.82, 2.24) is 0 Å². The van der Waals surface area contributed by atoms with Crippen LogP contribution >= 0.6 is 0 Å². The molecule has 24 heavy (non-hydrogen) atoms. The van der Waals surface area contributed by atoms with E-state index in [-0.39, 0.29) is 17.1 Å². The molecule has 1 saturated carbocycles. The smallest absolute Gasteiger partial charge is 0.182 e. The largest absolute Gasteiger partial charge is 0.476 e. The van der Waals surface area contributed by atoms with Crippen LogP contribution in [0.3, 0.4) is 0 Å². The summed E-state index contributed by atoms with van der Waals surface area (Å²) in [5.41, 5.74) is 4.92. The average molecular weight is 325 g/mol. The van der Waals surface area contributed by atoms with Crippen molar-refractivity contribution < 1.29 is 4.74 Å². The number of aryl methyl sites for hydroxylation is 1. The highest BCUT2D eigenvalue weighted by molar-refractivity contribution is 5.68. The number of anilines is 1. The maximum absolute atomic E-state index is 6.10. The Morgan fingerprint density at radius 2 is 2.08 bits per heavy atom. The van der Waals surface area contributed by atoms with Gasteiger partial charge in [-0.1, -0.05) is 59.1 Å². The standard InChI is InChI=1S/C22H31NO/c1-5-6-7-8-9-17-10-11-18-19(14-17)23-12-13-24-20(23)22(16(2)3)15-21(18,22)4/h10-14,16,20H,5-9,15H2,1-4H3/t20?,21?,22-/m1/s1. The van der Waals surface area contributed by atoms with E-state index in [1.807, 2.05) is 6.26 Å². The van der Waals surface area contributed by atoms with Crippen molar-refractivity contribution in [3.05, 3.63) is 41.8 Å². The summed E-state index contributed by atoms with van der Waals surface area (Å²) in [6.07, 6.45) is 12.0. The van der Waals surface area contributed by atoms with Gasteiger partial charge >= 0.3 is 0 Å². The first kappa shape index (κ1) is 16.1. The van der Waals surface area contributed by atoms with Crippen LogP contribution < -0.4 is 4.90 Å². The first-order valence-electron chi connectivity index (χ1n) is 9.78. The lowest BCUT2D eigenvalue weighted by Gasteiger charge is -2.43. The van der Waals surface area contributed by atoms with Gasteiger partial charge in [0.2, 0.25) is 0 Å². The highest BCUT2D eigenvalue weighted by atomic mass is 16.5. The Morgan fingerprint density at radius 3 is 2.83 bits per heavy atom. The van der Waals surface area contributed by atoms with E-state index in [1.54, 1.807) is 0 Å². The number of benzene rings is 1. The van der Waals surface area contributed by atoms with E-state index in [0.29, 0.717) is 5.92 Å². The van der Waals surface area contributed by atoms with Crippen LogP contribution in [-0.4, -0.2) is 6.23 Å². The number of ether oxygens (including phenoxy) is 1. The Hall–Kier alpha value is -1.44. The number of hydrogen-bond acceptors (Lipinski definition) is 2. The number of rotatable bonds is 6. The molecule has 3 atom stereocenters. The Bertz CT molecular complexity index is 664. The van der Waals surface area contributed by atoms with Crippen molar-refractivity contribution in [3.63, 3.8) is 0 Å². The minimum atomic E-state index is 0.186. The maximum Gasteiger partial charge on any atom is 0.182 e. The monoisotopic (exact) mass is 325 g/mol. The van der Waals surface area contributed by atoms with Crippen LogP contribution in [-0.2, 0) is 16.6 Å². The second-order valence-corrected chi connectivity index (χ2v) is 8.55. The van der Waals surface area contributed by atoms with E-state index in [9.17, 15) is 0 Å². The van der Waals surface area contributed by atoms with E-state index in [1.165, 1.54) is 55.3 Å². The van der Waals surface area contributed by atoms with E-state index in [4.69, 9.17) is 4.74 Å². The molecule has 2 heteroatoms. The van der Waals surface area contributed by atoms with Crippen molar-refractivity contribution in [1.29, 1.82) is 0 Å². The molecule has 0 aromatic heterocycles. The lowest BCUT2D eigenvalue weighted by Crippen LogP contribution is -2.47. The van der Waals surface area contributed by atoms with Gasteiger partial charge in [0.05, 0.1) is 0 Å². The van der Waals surface area contributed by atoms with Gasteiger partial charge in [0.15, 0.2) is 6.23 Å². The molecule has 2 nitrogen and oxygen atoms in total. The molecule has 2 aliphatic heterocycles. The van der Waals surface area contributed by atoms with Crippen molar-refractivity contribution in [2.75, 3.05) is 4.90 Å². The lowest BCUT2D eigenvalue weighted by atomic mass is 9.75. The SMILES string of the molecule is CCCCCCc1ccc2c(c1)N1C=COC1[C@]1(C(C)C)CC21C. The Morgan fingerprint density at radius 1 is 1.25 bits per heavy atom. The fraction of sp³-hybridized carbons (Fsp3) is 0.636. The summed E-state index contributed by atoms with van der Waals surface area (Å²) in [6, 6.07) is 7.22. The van der Waals surface area contributed by atoms with Gasteiger partial charge in [-0.2, -0.15) is 0 Å². The first-order valence-corrected chi connectivity index (χ1v) is 9.78. The molecule has 0 amide bonds. The predicted molar refractivity (Wildman–Crippen MR) is 100 cm³/mol. The number of fused-ring (bicyclic) bond motifs is 6. The highest BCUT2D eigenvalue weighted by Crippen LogP contribution is 2.75. The molecule has 1 aromatic carbocycles. The molecule has 0 bridgehead atoms. The molecule has 3 aliphatic rings. The minimum Gasteiger partial charge on any atom is -0.476 e. The molecule has 1 aliphatic carbocycles. The Kier molecular flexibility index (Phi) is 3.71. The van der Waals surface area contributed by atoms with E-state index in [2.05, 4.69) is 57.0 Å². The van der Waals surface area contributed by atoms with Gasteiger partial charge in [0.1, 0.15) is 6.26 Å². The molecule has 0 spiro atoms. The molecule has 2 unspecified atom stereocenters. The normalized spacial score (nSPS) is 32.4. The predicted octanol–water partition coefficient (Wildman–Crippen LogP) is 5.76. The Labute approximate surface area is 146 Å². The summed E-state index contributed by atoms with van der Waals surface area (Å²) in [5.74, 6) is 0.622. The molecule has 0 radical (unpaired) electrons. The molecule has 1 aromatic rings. The lowest BCUT2D eigenvalue weighted by molar-refractivity contribution is 0.0483. The summed E-state index contributed by atoms with van der Waals surface area (Å²) >= 11 is 0. The second-order valence-electron chi connectivity index (χ2n) is 8.55. The van der Waals surface area contributed by atoms with Crippen LogP contribution in [0.25, 0.3) is 0 Å². The van der Waals surface area contributed by atoms with Crippen LogP contribution in [0.5, 0.6) is 0 Å². The maximum atomic E-state index is 6.10. The number of hydrogen-bond donors (Lipinski definition) is 0. The van der Waals surface area contributed by atoms with Crippen molar-refractivity contribution >= 4 is 5.69 Å². The van der Waals surface area contributed by atoms with Crippen molar-refractivity contribution in [2.24, 2.45) is 11.3 Å². The third-order valence-corrected chi connectivity index (χ3v) is 6.95. The summed E-state index contributed by atoms with van der Waals surface area (Å²) in [6.45, 7) is 9.44. The van der Waals surface area contributed by atoms with Crippen molar-refractivity contribution in [2.45, 2.75) is 77.9 Å². The quantitative estimate of drug-likeness (QED) is 0.616. The van der Waals surface area contributed by atoms with Crippen LogP contribution in [0.1, 0.15) is 70.9 Å². The molecule has 0 N–H and O–H groups in total. The summed E-state index contributed by atoms with van der Waals surface area (Å²) in [7, 11) is 0. The molecular weight excluding hydrogens is 294 g/mol. The van der Waals surface area contributed by atoms with E-state index < -0.39 is 0 Å². The zero-order valence-corrected chi connectivity index (χ0v) is 15.6. The van der Waals surface area contributed by atoms with Gasteiger partial charge in [0.25, 0.3) is 0 Å². The molecule has 2 heterocycles.